The topological polar surface area (TPSA) is 68.1 Å². The molecule has 4 aromatic rings. The number of rotatable bonds is 8. The van der Waals surface area contributed by atoms with Gasteiger partial charge in [0.25, 0.3) is 5.91 Å². The summed E-state index contributed by atoms with van der Waals surface area (Å²) in [4.78, 5) is 19.9. The Hall–Kier alpha value is -4.00. The first kappa shape index (κ1) is 22.2. The number of amides is 1. The Morgan fingerprint density at radius 2 is 1.79 bits per heavy atom. The van der Waals surface area contributed by atoms with Crippen LogP contribution in [0.4, 0.5) is 11.5 Å². The van der Waals surface area contributed by atoms with E-state index in [1.54, 1.807) is 26.4 Å². The smallest absolute Gasteiger partial charge is 0.257 e. The van der Waals surface area contributed by atoms with Crippen molar-refractivity contribution in [3.8, 4) is 11.5 Å². The van der Waals surface area contributed by atoms with Gasteiger partial charge in [0.05, 0.1) is 25.5 Å². The number of carbonyl (C=O) groups excluding carboxylic acids is 1. The normalized spacial score (nSPS) is 10.8. The Labute approximate surface area is 193 Å². The SMILES string of the molecule is CCc1nc2ccc(C(=O)Nc3cccc(OC)c3)cn2c1N(C)Cc1ccc(OC)cc1. The third-order valence-electron chi connectivity index (χ3n) is 5.53. The van der Waals surface area contributed by atoms with Crippen molar-refractivity contribution in [3.05, 3.63) is 83.7 Å². The first-order valence-electron chi connectivity index (χ1n) is 10.8. The molecule has 0 bridgehead atoms. The van der Waals surface area contributed by atoms with Crippen molar-refractivity contribution in [2.75, 3.05) is 31.5 Å². The van der Waals surface area contributed by atoms with Crippen LogP contribution in [0.2, 0.25) is 0 Å². The molecule has 2 aromatic carbocycles. The Morgan fingerprint density at radius 1 is 1.03 bits per heavy atom. The van der Waals surface area contributed by atoms with Gasteiger partial charge in [-0.05, 0) is 48.4 Å². The Kier molecular flexibility index (Phi) is 6.49. The van der Waals surface area contributed by atoms with Crippen LogP contribution in [0.3, 0.4) is 0 Å². The standard InChI is InChI=1S/C26H28N4O3/c1-5-23-26(29(2)16-18-9-12-21(32-3)13-10-18)30-17-19(11-14-24(30)28-23)25(31)27-20-7-6-8-22(15-20)33-4/h6-15,17H,5,16H2,1-4H3,(H,27,31). The molecule has 170 valence electrons. The van der Waals surface area contributed by atoms with E-state index in [9.17, 15) is 4.79 Å². The second kappa shape index (κ2) is 9.65. The van der Waals surface area contributed by atoms with E-state index < -0.39 is 0 Å². The van der Waals surface area contributed by atoms with Crippen LogP contribution >= 0.6 is 0 Å². The summed E-state index contributed by atoms with van der Waals surface area (Å²) in [5.74, 6) is 2.30. The van der Waals surface area contributed by atoms with E-state index in [1.807, 2.05) is 54.0 Å². The zero-order valence-corrected chi connectivity index (χ0v) is 19.3. The van der Waals surface area contributed by atoms with E-state index in [2.05, 4.69) is 29.3 Å². The largest absolute Gasteiger partial charge is 0.497 e. The number of fused-ring (bicyclic) bond motifs is 1. The van der Waals surface area contributed by atoms with Crippen LogP contribution in [0.5, 0.6) is 11.5 Å². The summed E-state index contributed by atoms with van der Waals surface area (Å²) < 4.78 is 12.5. The van der Waals surface area contributed by atoms with Crippen molar-refractivity contribution in [3.63, 3.8) is 0 Å². The molecule has 0 radical (unpaired) electrons. The number of hydrogen-bond acceptors (Lipinski definition) is 5. The first-order chi connectivity index (χ1) is 16.0. The average Bonchev–Trinajstić information content (AvgIpc) is 3.22. The highest BCUT2D eigenvalue weighted by Gasteiger charge is 2.17. The molecule has 2 heterocycles. The molecule has 0 aliphatic heterocycles. The number of nitrogens with zero attached hydrogens (tertiary/aromatic N) is 3. The van der Waals surface area contributed by atoms with Gasteiger partial charge in [-0.15, -0.1) is 0 Å². The van der Waals surface area contributed by atoms with E-state index in [-0.39, 0.29) is 5.91 Å². The summed E-state index contributed by atoms with van der Waals surface area (Å²) >= 11 is 0. The molecule has 0 atom stereocenters. The number of methoxy groups -OCH3 is 2. The highest BCUT2D eigenvalue weighted by molar-refractivity contribution is 6.04. The molecule has 2 aromatic heterocycles. The van der Waals surface area contributed by atoms with E-state index >= 15 is 0 Å². The monoisotopic (exact) mass is 444 g/mol. The highest BCUT2D eigenvalue weighted by atomic mass is 16.5. The van der Waals surface area contributed by atoms with Crippen molar-refractivity contribution in [2.24, 2.45) is 0 Å². The molecule has 4 rings (SSSR count). The van der Waals surface area contributed by atoms with Crippen LogP contribution < -0.4 is 19.7 Å². The fourth-order valence-electron chi connectivity index (χ4n) is 3.84. The maximum atomic E-state index is 13.0. The van der Waals surface area contributed by atoms with Crippen molar-refractivity contribution in [1.29, 1.82) is 0 Å². The molecule has 7 nitrogen and oxygen atoms in total. The molecule has 7 heteroatoms. The molecule has 0 fully saturated rings. The van der Waals surface area contributed by atoms with Gasteiger partial charge in [0.15, 0.2) is 0 Å². The van der Waals surface area contributed by atoms with Gasteiger partial charge in [-0.1, -0.05) is 25.1 Å². The number of anilines is 2. The van der Waals surface area contributed by atoms with Gasteiger partial charge in [-0.3, -0.25) is 9.20 Å². The number of benzene rings is 2. The van der Waals surface area contributed by atoms with Gasteiger partial charge >= 0.3 is 0 Å². The number of carbonyl (C=O) groups is 1. The molecule has 1 amide bonds. The molecule has 1 N–H and O–H groups in total. The minimum atomic E-state index is -0.194. The van der Waals surface area contributed by atoms with Gasteiger partial charge in [-0.25, -0.2) is 4.98 Å². The summed E-state index contributed by atoms with van der Waals surface area (Å²) in [6.45, 7) is 2.79. The Bertz CT molecular complexity index is 1260. The van der Waals surface area contributed by atoms with Gasteiger partial charge in [0, 0.05) is 31.5 Å². The van der Waals surface area contributed by atoms with E-state index in [0.717, 1.165) is 34.9 Å². The van der Waals surface area contributed by atoms with Crippen LogP contribution in [0, 0.1) is 0 Å². The number of imidazole rings is 1. The number of ether oxygens (including phenoxy) is 2. The van der Waals surface area contributed by atoms with Gasteiger partial charge in [-0.2, -0.15) is 0 Å². The van der Waals surface area contributed by atoms with Crippen molar-refractivity contribution in [1.82, 2.24) is 9.38 Å². The van der Waals surface area contributed by atoms with Gasteiger partial charge < -0.3 is 19.7 Å². The summed E-state index contributed by atoms with van der Waals surface area (Å²) in [6.07, 6.45) is 2.63. The van der Waals surface area contributed by atoms with Gasteiger partial charge in [0.1, 0.15) is 23.0 Å². The van der Waals surface area contributed by atoms with Crippen LogP contribution in [-0.4, -0.2) is 36.6 Å². The van der Waals surface area contributed by atoms with E-state index in [4.69, 9.17) is 14.5 Å². The Morgan fingerprint density at radius 3 is 2.48 bits per heavy atom. The average molecular weight is 445 g/mol. The fourth-order valence-corrected chi connectivity index (χ4v) is 3.84. The summed E-state index contributed by atoms with van der Waals surface area (Å²) in [5, 5.41) is 2.94. The minimum Gasteiger partial charge on any atom is -0.497 e. The molecule has 0 saturated heterocycles. The maximum Gasteiger partial charge on any atom is 0.257 e. The number of nitrogens with one attached hydrogen (secondary N) is 1. The second-order valence-corrected chi connectivity index (χ2v) is 7.77. The van der Waals surface area contributed by atoms with E-state index in [0.29, 0.717) is 23.5 Å². The molecular formula is C26H28N4O3. The number of hydrogen-bond donors (Lipinski definition) is 1. The molecule has 33 heavy (non-hydrogen) atoms. The predicted molar refractivity (Wildman–Crippen MR) is 131 cm³/mol. The Balaban J connectivity index is 1.63. The first-order valence-corrected chi connectivity index (χ1v) is 10.8. The highest BCUT2D eigenvalue weighted by Crippen LogP contribution is 2.25. The third-order valence-corrected chi connectivity index (χ3v) is 5.53. The number of aromatic nitrogens is 2. The quantitative estimate of drug-likeness (QED) is 0.423. The number of aryl methyl sites for hydroxylation is 1. The summed E-state index contributed by atoms with van der Waals surface area (Å²) in [7, 11) is 5.30. The summed E-state index contributed by atoms with van der Waals surface area (Å²) in [5.41, 5.74) is 4.17. The van der Waals surface area contributed by atoms with Crippen LogP contribution in [0.15, 0.2) is 66.9 Å². The maximum absolute atomic E-state index is 13.0. The second-order valence-electron chi connectivity index (χ2n) is 7.77. The lowest BCUT2D eigenvalue weighted by molar-refractivity contribution is 0.102. The molecule has 0 aliphatic rings. The minimum absolute atomic E-state index is 0.194. The summed E-state index contributed by atoms with van der Waals surface area (Å²) in [6, 6.07) is 19.0. The molecular weight excluding hydrogens is 416 g/mol. The van der Waals surface area contributed by atoms with Crippen LogP contribution in [-0.2, 0) is 13.0 Å². The van der Waals surface area contributed by atoms with Crippen molar-refractivity contribution < 1.29 is 14.3 Å². The lowest BCUT2D eigenvalue weighted by Crippen LogP contribution is -2.20. The van der Waals surface area contributed by atoms with Gasteiger partial charge in [0.2, 0.25) is 0 Å². The molecule has 0 saturated carbocycles. The van der Waals surface area contributed by atoms with Crippen LogP contribution in [0.25, 0.3) is 5.65 Å². The zero-order valence-electron chi connectivity index (χ0n) is 19.3. The fraction of sp³-hybridized carbons (Fsp3) is 0.231. The van der Waals surface area contributed by atoms with Crippen molar-refractivity contribution >= 4 is 23.1 Å². The number of pyridine rings is 1. The predicted octanol–water partition coefficient (Wildman–Crippen LogP) is 4.80. The molecule has 0 spiro atoms. The van der Waals surface area contributed by atoms with E-state index in [1.165, 1.54) is 0 Å². The van der Waals surface area contributed by atoms with Crippen molar-refractivity contribution in [2.45, 2.75) is 19.9 Å². The zero-order chi connectivity index (χ0) is 23.4. The van der Waals surface area contributed by atoms with Crippen LogP contribution in [0.1, 0.15) is 28.5 Å². The molecule has 0 aliphatic carbocycles. The third kappa shape index (κ3) is 4.77. The lowest BCUT2D eigenvalue weighted by Gasteiger charge is -2.20. The molecule has 0 unspecified atom stereocenters. The lowest BCUT2D eigenvalue weighted by atomic mass is 10.2.